The Labute approximate surface area is 118 Å². The maximum atomic E-state index is 11.8. The summed E-state index contributed by atoms with van der Waals surface area (Å²) in [4.78, 5) is 24.8. The first-order valence-electron chi connectivity index (χ1n) is 6.89. The molecular formula is C15H20N2O3. The molecule has 0 unspecified atom stereocenters. The van der Waals surface area contributed by atoms with Crippen LogP contribution in [0.25, 0.3) is 0 Å². The number of rotatable bonds is 5. The molecule has 2 N–H and O–H groups in total. The molecule has 5 heteroatoms. The smallest absolute Gasteiger partial charge is 0.335 e. The number of carbonyl (C=O) groups is 2. The molecule has 1 aromatic rings. The highest BCUT2D eigenvalue weighted by molar-refractivity contribution is 5.87. The number of aromatic carboxylic acids is 1. The van der Waals surface area contributed by atoms with E-state index in [0.29, 0.717) is 19.1 Å². The van der Waals surface area contributed by atoms with Crippen LogP contribution < -0.4 is 5.32 Å². The van der Waals surface area contributed by atoms with Crippen molar-refractivity contribution in [3.63, 3.8) is 0 Å². The second-order valence-corrected chi connectivity index (χ2v) is 5.24. The van der Waals surface area contributed by atoms with Gasteiger partial charge >= 0.3 is 5.97 Å². The van der Waals surface area contributed by atoms with Crippen LogP contribution in [0.4, 0.5) is 0 Å². The van der Waals surface area contributed by atoms with Gasteiger partial charge in [-0.15, -0.1) is 0 Å². The molecule has 20 heavy (non-hydrogen) atoms. The largest absolute Gasteiger partial charge is 0.478 e. The fourth-order valence-corrected chi connectivity index (χ4v) is 2.43. The van der Waals surface area contributed by atoms with Crippen molar-refractivity contribution in [1.82, 2.24) is 10.2 Å². The molecule has 1 aliphatic rings. The van der Waals surface area contributed by atoms with E-state index >= 15 is 0 Å². The Balaban J connectivity index is 1.79. The maximum Gasteiger partial charge on any atom is 0.335 e. The van der Waals surface area contributed by atoms with Crippen LogP contribution in [-0.2, 0) is 11.3 Å². The zero-order valence-corrected chi connectivity index (χ0v) is 11.6. The second kappa shape index (κ2) is 6.52. The molecule has 1 aromatic carbocycles. The van der Waals surface area contributed by atoms with E-state index in [2.05, 4.69) is 17.1 Å². The van der Waals surface area contributed by atoms with Crippen LogP contribution in [0.1, 0.15) is 35.7 Å². The topological polar surface area (TPSA) is 69.6 Å². The Morgan fingerprint density at radius 2 is 2.05 bits per heavy atom. The number of hydrogen-bond acceptors (Lipinski definition) is 3. The Hall–Kier alpha value is -1.88. The first kappa shape index (κ1) is 14.5. The van der Waals surface area contributed by atoms with E-state index in [1.54, 1.807) is 24.3 Å². The molecule has 0 bridgehead atoms. The molecule has 1 fully saturated rings. The van der Waals surface area contributed by atoms with Gasteiger partial charge < -0.3 is 10.4 Å². The molecular weight excluding hydrogens is 256 g/mol. The third-order valence-corrected chi connectivity index (χ3v) is 3.73. The summed E-state index contributed by atoms with van der Waals surface area (Å²) >= 11 is 0. The van der Waals surface area contributed by atoms with Gasteiger partial charge in [0.2, 0.25) is 5.91 Å². The molecule has 1 amide bonds. The third kappa shape index (κ3) is 3.81. The maximum absolute atomic E-state index is 11.8. The van der Waals surface area contributed by atoms with E-state index in [4.69, 9.17) is 5.11 Å². The van der Waals surface area contributed by atoms with Crippen LogP contribution in [-0.4, -0.2) is 41.0 Å². The van der Waals surface area contributed by atoms with Crippen molar-refractivity contribution in [2.24, 2.45) is 0 Å². The summed E-state index contributed by atoms with van der Waals surface area (Å²) in [5, 5.41) is 11.7. The van der Waals surface area contributed by atoms with E-state index in [-0.39, 0.29) is 11.5 Å². The molecule has 0 saturated carbocycles. The van der Waals surface area contributed by atoms with Gasteiger partial charge in [-0.1, -0.05) is 12.1 Å². The van der Waals surface area contributed by atoms with Crippen molar-refractivity contribution in [1.29, 1.82) is 0 Å². The zero-order chi connectivity index (χ0) is 14.5. The summed E-state index contributed by atoms with van der Waals surface area (Å²) in [6.45, 7) is 4.00. The number of nitrogens with zero attached hydrogens (tertiary/aromatic N) is 1. The SMILES string of the molecule is C[C@@H]1CCCN1CC(=O)NCc1ccc(C(=O)O)cc1. The van der Waals surface area contributed by atoms with Gasteiger partial charge in [0.25, 0.3) is 0 Å². The fourth-order valence-electron chi connectivity index (χ4n) is 2.43. The number of hydrogen-bond donors (Lipinski definition) is 2. The number of carboxylic acid groups (broad SMARTS) is 1. The van der Waals surface area contributed by atoms with Crippen molar-refractivity contribution in [2.75, 3.05) is 13.1 Å². The van der Waals surface area contributed by atoms with Gasteiger partial charge in [0.05, 0.1) is 12.1 Å². The highest BCUT2D eigenvalue weighted by Gasteiger charge is 2.21. The highest BCUT2D eigenvalue weighted by Crippen LogP contribution is 2.15. The molecule has 2 rings (SSSR count). The molecule has 0 spiro atoms. The number of carboxylic acids is 1. The predicted octanol–water partition coefficient (Wildman–Crippen LogP) is 1.49. The quantitative estimate of drug-likeness (QED) is 0.854. The first-order valence-corrected chi connectivity index (χ1v) is 6.89. The molecule has 1 saturated heterocycles. The predicted molar refractivity (Wildman–Crippen MR) is 75.5 cm³/mol. The van der Waals surface area contributed by atoms with Gasteiger partial charge in [-0.25, -0.2) is 4.79 Å². The van der Waals surface area contributed by atoms with Crippen LogP contribution in [0.3, 0.4) is 0 Å². The number of likely N-dealkylation sites (tertiary alicyclic amines) is 1. The van der Waals surface area contributed by atoms with Gasteiger partial charge in [0.15, 0.2) is 0 Å². The summed E-state index contributed by atoms with van der Waals surface area (Å²) in [6, 6.07) is 7.03. The van der Waals surface area contributed by atoms with E-state index < -0.39 is 5.97 Å². The third-order valence-electron chi connectivity index (χ3n) is 3.73. The van der Waals surface area contributed by atoms with Crippen molar-refractivity contribution in [2.45, 2.75) is 32.4 Å². The molecule has 1 heterocycles. The van der Waals surface area contributed by atoms with E-state index in [0.717, 1.165) is 24.9 Å². The summed E-state index contributed by atoms with van der Waals surface area (Å²) in [7, 11) is 0. The van der Waals surface area contributed by atoms with Crippen LogP contribution in [0.2, 0.25) is 0 Å². The summed E-state index contributed by atoms with van der Waals surface area (Å²) < 4.78 is 0. The van der Waals surface area contributed by atoms with Gasteiger partial charge in [0.1, 0.15) is 0 Å². The standard InChI is InChI=1S/C15H20N2O3/c1-11-3-2-8-17(11)10-14(18)16-9-12-4-6-13(7-5-12)15(19)20/h4-7,11H,2-3,8-10H2,1H3,(H,16,18)(H,19,20)/t11-/m1/s1. The first-order chi connectivity index (χ1) is 9.56. The van der Waals surface area contributed by atoms with Gasteiger partial charge in [-0.05, 0) is 44.0 Å². The lowest BCUT2D eigenvalue weighted by atomic mass is 10.1. The van der Waals surface area contributed by atoms with Crippen molar-refractivity contribution in [3.8, 4) is 0 Å². The number of carbonyl (C=O) groups excluding carboxylic acids is 1. The lowest BCUT2D eigenvalue weighted by Crippen LogP contribution is -2.38. The lowest BCUT2D eigenvalue weighted by Gasteiger charge is -2.20. The van der Waals surface area contributed by atoms with Crippen LogP contribution in [0.5, 0.6) is 0 Å². The van der Waals surface area contributed by atoms with Crippen molar-refractivity contribution in [3.05, 3.63) is 35.4 Å². The van der Waals surface area contributed by atoms with Crippen molar-refractivity contribution < 1.29 is 14.7 Å². The minimum Gasteiger partial charge on any atom is -0.478 e. The second-order valence-electron chi connectivity index (χ2n) is 5.24. The number of amides is 1. The van der Waals surface area contributed by atoms with E-state index in [9.17, 15) is 9.59 Å². The molecule has 1 atom stereocenters. The van der Waals surface area contributed by atoms with Crippen LogP contribution in [0.15, 0.2) is 24.3 Å². The van der Waals surface area contributed by atoms with Gasteiger partial charge in [-0.2, -0.15) is 0 Å². The monoisotopic (exact) mass is 276 g/mol. The average Bonchev–Trinajstić information content (AvgIpc) is 2.82. The zero-order valence-electron chi connectivity index (χ0n) is 11.6. The fraction of sp³-hybridized carbons (Fsp3) is 0.467. The Kier molecular flexibility index (Phi) is 4.74. The lowest BCUT2D eigenvalue weighted by molar-refractivity contribution is -0.122. The van der Waals surface area contributed by atoms with Crippen LogP contribution >= 0.6 is 0 Å². The normalized spacial score (nSPS) is 18.9. The number of nitrogens with one attached hydrogen (secondary N) is 1. The summed E-state index contributed by atoms with van der Waals surface area (Å²) in [5.74, 6) is -0.926. The molecule has 108 valence electrons. The Bertz CT molecular complexity index is 484. The minimum atomic E-state index is -0.941. The highest BCUT2D eigenvalue weighted by atomic mass is 16.4. The summed E-state index contributed by atoms with van der Waals surface area (Å²) in [5.41, 5.74) is 1.16. The summed E-state index contributed by atoms with van der Waals surface area (Å²) in [6.07, 6.45) is 2.31. The minimum absolute atomic E-state index is 0.0149. The molecule has 0 aromatic heterocycles. The van der Waals surface area contributed by atoms with Gasteiger partial charge in [0, 0.05) is 12.6 Å². The van der Waals surface area contributed by atoms with Crippen LogP contribution in [0, 0.1) is 0 Å². The van der Waals surface area contributed by atoms with Gasteiger partial charge in [-0.3, -0.25) is 9.69 Å². The Morgan fingerprint density at radius 1 is 1.35 bits per heavy atom. The Morgan fingerprint density at radius 3 is 2.60 bits per heavy atom. The molecule has 1 aliphatic heterocycles. The molecule has 5 nitrogen and oxygen atoms in total. The van der Waals surface area contributed by atoms with E-state index in [1.165, 1.54) is 0 Å². The molecule has 0 radical (unpaired) electrons. The van der Waals surface area contributed by atoms with Crippen molar-refractivity contribution >= 4 is 11.9 Å². The average molecular weight is 276 g/mol. The molecule has 0 aliphatic carbocycles. The number of benzene rings is 1. The van der Waals surface area contributed by atoms with E-state index in [1.807, 2.05) is 0 Å².